The molecule has 5 nitrogen and oxygen atoms in total. The number of nitrogen functional groups attached to an aromatic ring is 1. The predicted octanol–water partition coefficient (Wildman–Crippen LogP) is 3.56. The molecule has 0 saturated heterocycles. The van der Waals surface area contributed by atoms with Gasteiger partial charge in [-0.3, -0.25) is 0 Å². The van der Waals surface area contributed by atoms with E-state index in [2.05, 4.69) is 10.1 Å². The van der Waals surface area contributed by atoms with Crippen molar-refractivity contribution in [1.82, 2.24) is 14.6 Å². The second-order valence-corrected chi connectivity index (χ2v) is 5.45. The summed E-state index contributed by atoms with van der Waals surface area (Å²) < 4.78 is 7.56. The molecule has 0 aliphatic heterocycles. The van der Waals surface area contributed by atoms with E-state index in [0.717, 1.165) is 28.2 Å². The molecule has 2 heterocycles. The maximum atomic E-state index is 5.82. The van der Waals surface area contributed by atoms with Gasteiger partial charge in [-0.1, -0.05) is 36.4 Å². The van der Waals surface area contributed by atoms with E-state index < -0.39 is 0 Å². The Kier molecular flexibility index (Phi) is 3.59. The highest BCUT2D eigenvalue weighted by molar-refractivity contribution is 5.64. The van der Waals surface area contributed by atoms with Crippen molar-refractivity contribution in [2.75, 3.05) is 5.73 Å². The van der Waals surface area contributed by atoms with Crippen molar-refractivity contribution in [3.8, 4) is 17.0 Å². The Balaban J connectivity index is 1.57. The van der Waals surface area contributed by atoms with Crippen LogP contribution in [0.5, 0.6) is 5.75 Å². The first-order valence-electron chi connectivity index (χ1n) is 7.68. The van der Waals surface area contributed by atoms with Gasteiger partial charge in [-0.25, -0.2) is 4.52 Å². The van der Waals surface area contributed by atoms with E-state index >= 15 is 0 Å². The lowest BCUT2D eigenvalue weighted by atomic mass is 10.1. The number of rotatable bonds is 4. The summed E-state index contributed by atoms with van der Waals surface area (Å²) in [7, 11) is 0. The van der Waals surface area contributed by atoms with Crippen LogP contribution < -0.4 is 10.5 Å². The van der Waals surface area contributed by atoms with Crippen LogP contribution in [0.2, 0.25) is 0 Å². The summed E-state index contributed by atoms with van der Waals surface area (Å²) in [5.41, 5.74) is 9.53. The molecular formula is C19H16N4O. The van der Waals surface area contributed by atoms with Crippen LogP contribution in [0, 0.1) is 0 Å². The summed E-state index contributed by atoms with van der Waals surface area (Å²) in [6, 6.07) is 23.8. The van der Waals surface area contributed by atoms with Gasteiger partial charge >= 0.3 is 0 Å². The van der Waals surface area contributed by atoms with Crippen molar-refractivity contribution in [2.24, 2.45) is 0 Å². The summed E-state index contributed by atoms with van der Waals surface area (Å²) in [5, 5.41) is 4.24. The molecule has 4 rings (SSSR count). The summed E-state index contributed by atoms with van der Waals surface area (Å²) in [6.07, 6.45) is 0. The highest BCUT2D eigenvalue weighted by Crippen LogP contribution is 2.23. The van der Waals surface area contributed by atoms with E-state index in [1.807, 2.05) is 72.8 Å². The number of nitrogens with two attached hydrogens (primary N) is 1. The number of hydrogen-bond acceptors (Lipinski definition) is 4. The average Bonchev–Trinajstić information content (AvgIpc) is 3.01. The Morgan fingerprint density at radius 1 is 0.875 bits per heavy atom. The molecule has 2 aromatic heterocycles. The number of aromatic nitrogens is 3. The number of ether oxygens (including phenoxy) is 1. The largest absolute Gasteiger partial charge is 0.489 e. The minimum atomic E-state index is 0.269. The molecule has 0 aliphatic carbocycles. The topological polar surface area (TPSA) is 65.4 Å². The van der Waals surface area contributed by atoms with Crippen molar-refractivity contribution >= 4 is 11.6 Å². The van der Waals surface area contributed by atoms with Gasteiger partial charge in [-0.2, -0.15) is 4.98 Å². The van der Waals surface area contributed by atoms with Crippen LogP contribution in [-0.2, 0) is 6.61 Å². The first-order chi connectivity index (χ1) is 11.8. The smallest absolute Gasteiger partial charge is 0.240 e. The Morgan fingerprint density at radius 3 is 2.46 bits per heavy atom. The second-order valence-electron chi connectivity index (χ2n) is 5.45. The molecule has 0 unspecified atom stereocenters. The van der Waals surface area contributed by atoms with Crippen molar-refractivity contribution in [1.29, 1.82) is 0 Å². The quantitative estimate of drug-likeness (QED) is 0.625. The molecule has 0 saturated carbocycles. The van der Waals surface area contributed by atoms with Crippen LogP contribution in [0.3, 0.4) is 0 Å². The first-order valence-corrected chi connectivity index (χ1v) is 7.68. The van der Waals surface area contributed by atoms with Gasteiger partial charge in [0, 0.05) is 5.56 Å². The molecule has 0 spiro atoms. The van der Waals surface area contributed by atoms with Crippen molar-refractivity contribution in [3.05, 3.63) is 78.4 Å². The molecule has 0 atom stereocenters. The number of fused-ring (bicyclic) bond motifs is 1. The zero-order chi connectivity index (χ0) is 16.4. The summed E-state index contributed by atoms with van der Waals surface area (Å²) >= 11 is 0. The molecule has 0 aliphatic rings. The van der Waals surface area contributed by atoms with Gasteiger partial charge in [0.25, 0.3) is 0 Å². The Hall–Kier alpha value is -3.34. The van der Waals surface area contributed by atoms with E-state index in [1.165, 1.54) is 0 Å². The minimum Gasteiger partial charge on any atom is -0.489 e. The number of nitrogens with zero attached hydrogens (tertiary/aromatic N) is 3. The van der Waals surface area contributed by atoms with E-state index in [9.17, 15) is 0 Å². The highest BCUT2D eigenvalue weighted by Gasteiger charge is 2.07. The molecule has 0 amide bonds. The molecule has 2 aromatic carbocycles. The molecule has 0 radical (unpaired) electrons. The fourth-order valence-electron chi connectivity index (χ4n) is 2.60. The van der Waals surface area contributed by atoms with Crippen molar-refractivity contribution in [3.63, 3.8) is 0 Å². The van der Waals surface area contributed by atoms with Crippen LogP contribution in [0.25, 0.3) is 16.9 Å². The zero-order valence-electron chi connectivity index (χ0n) is 13.0. The Labute approximate surface area is 139 Å². The van der Waals surface area contributed by atoms with Crippen LogP contribution in [0.1, 0.15) is 5.56 Å². The summed E-state index contributed by atoms with van der Waals surface area (Å²) in [6.45, 7) is 0.551. The second kappa shape index (κ2) is 6.04. The van der Waals surface area contributed by atoms with Gasteiger partial charge in [-0.05, 0) is 42.0 Å². The summed E-state index contributed by atoms with van der Waals surface area (Å²) in [5.74, 6) is 1.10. The first kappa shape index (κ1) is 14.3. The standard InChI is InChI=1S/C19H16N4O/c20-19-21-18-8-4-7-17(23(18)22-19)15-9-11-16(12-10-15)24-13-14-5-2-1-3-6-14/h1-12H,13H2,(H2,20,22). The normalized spacial score (nSPS) is 10.8. The molecule has 0 fully saturated rings. The Bertz CT molecular complexity index is 962. The summed E-state index contributed by atoms with van der Waals surface area (Å²) in [4.78, 5) is 4.18. The minimum absolute atomic E-state index is 0.269. The van der Waals surface area contributed by atoms with Crippen LogP contribution in [-0.4, -0.2) is 14.6 Å². The maximum absolute atomic E-state index is 5.82. The van der Waals surface area contributed by atoms with E-state index in [-0.39, 0.29) is 5.95 Å². The van der Waals surface area contributed by atoms with Crippen molar-refractivity contribution < 1.29 is 4.74 Å². The van der Waals surface area contributed by atoms with E-state index in [1.54, 1.807) is 4.52 Å². The molecule has 2 N–H and O–H groups in total. The van der Waals surface area contributed by atoms with Gasteiger partial charge in [0.1, 0.15) is 12.4 Å². The van der Waals surface area contributed by atoms with Gasteiger partial charge in [0.15, 0.2) is 5.65 Å². The lowest BCUT2D eigenvalue weighted by Gasteiger charge is -2.08. The molecule has 5 heteroatoms. The predicted molar refractivity (Wildman–Crippen MR) is 93.6 cm³/mol. The fraction of sp³-hybridized carbons (Fsp3) is 0.0526. The third kappa shape index (κ3) is 2.79. The van der Waals surface area contributed by atoms with Crippen molar-refractivity contribution in [2.45, 2.75) is 6.61 Å². The lowest BCUT2D eigenvalue weighted by Crippen LogP contribution is -1.96. The number of benzene rings is 2. The van der Waals surface area contributed by atoms with Crippen LogP contribution in [0.4, 0.5) is 5.95 Å². The van der Waals surface area contributed by atoms with Gasteiger partial charge in [-0.15, -0.1) is 5.10 Å². The SMILES string of the molecule is Nc1nc2cccc(-c3ccc(OCc4ccccc4)cc3)n2n1. The van der Waals surface area contributed by atoms with Crippen LogP contribution >= 0.6 is 0 Å². The van der Waals surface area contributed by atoms with Gasteiger partial charge in [0.2, 0.25) is 5.95 Å². The molecule has 4 aromatic rings. The van der Waals surface area contributed by atoms with E-state index in [4.69, 9.17) is 10.5 Å². The van der Waals surface area contributed by atoms with Crippen LogP contribution in [0.15, 0.2) is 72.8 Å². The molecule has 118 valence electrons. The van der Waals surface area contributed by atoms with Gasteiger partial charge < -0.3 is 10.5 Å². The monoisotopic (exact) mass is 316 g/mol. The maximum Gasteiger partial charge on any atom is 0.240 e. The third-order valence-corrected chi connectivity index (χ3v) is 3.77. The zero-order valence-corrected chi connectivity index (χ0v) is 13.0. The fourth-order valence-corrected chi connectivity index (χ4v) is 2.60. The lowest BCUT2D eigenvalue weighted by molar-refractivity contribution is 0.306. The average molecular weight is 316 g/mol. The number of hydrogen-bond donors (Lipinski definition) is 1. The van der Waals surface area contributed by atoms with E-state index in [0.29, 0.717) is 6.61 Å². The Morgan fingerprint density at radius 2 is 1.67 bits per heavy atom. The molecule has 24 heavy (non-hydrogen) atoms. The number of pyridine rings is 1. The highest BCUT2D eigenvalue weighted by atomic mass is 16.5. The molecule has 0 bridgehead atoms. The molecular weight excluding hydrogens is 300 g/mol. The third-order valence-electron chi connectivity index (χ3n) is 3.77. The number of anilines is 1. The van der Waals surface area contributed by atoms with Gasteiger partial charge in [0.05, 0.1) is 5.69 Å².